The Morgan fingerprint density at radius 2 is 1.95 bits per heavy atom. The Kier molecular flexibility index (Phi) is 4.68. The van der Waals surface area contributed by atoms with Crippen molar-refractivity contribution in [3.63, 3.8) is 0 Å². The van der Waals surface area contributed by atoms with Crippen molar-refractivity contribution < 1.29 is 4.74 Å². The number of terminal acetylenes is 1. The van der Waals surface area contributed by atoms with Crippen LogP contribution in [0.1, 0.15) is 30.5 Å². The lowest BCUT2D eigenvalue weighted by Gasteiger charge is -2.19. The van der Waals surface area contributed by atoms with E-state index in [4.69, 9.17) is 11.2 Å². The van der Waals surface area contributed by atoms with E-state index in [1.807, 2.05) is 36.4 Å². The highest BCUT2D eigenvalue weighted by molar-refractivity contribution is 5.51. The van der Waals surface area contributed by atoms with Gasteiger partial charge in [-0.1, -0.05) is 31.0 Å². The van der Waals surface area contributed by atoms with E-state index < -0.39 is 0 Å². The van der Waals surface area contributed by atoms with Crippen molar-refractivity contribution in [2.24, 2.45) is 0 Å². The van der Waals surface area contributed by atoms with Crippen LogP contribution in [0.25, 0.3) is 0 Å². The van der Waals surface area contributed by atoms with Gasteiger partial charge < -0.3 is 10.1 Å². The van der Waals surface area contributed by atoms with Crippen LogP contribution in [0.5, 0.6) is 5.75 Å². The third-order valence-corrected chi connectivity index (χ3v) is 3.30. The van der Waals surface area contributed by atoms with Gasteiger partial charge in [0, 0.05) is 11.3 Å². The SMILES string of the molecule is C#Cc1cccc(NC(CC)c2ccc(OC)cc2)c1. The standard InChI is InChI=1S/C18H19NO/c1-4-14-7-6-8-16(13-14)19-18(5-2)15-9-11-17(20-3)12-10-15/h1,6-13,18-19H,5H2,2-3H3. The molecule has 0 aliphatic carbocycles. The highest BCUT2D eigenvalue weighted by Gasteiger charge is 2.09. The number of hydrogen-bond donors (Lipinski definition) is 1. The second-order valence-corrected chi connectivity index (χ2v) is 4.60. The Morgan fingerprint density at radius 1 is 1.20 bits per heavy atom. The van der Waals surface area contributed by atoms with Gasteiger partial charge in [-0.05, 0) is 42.3 Å². The summed E-state index contributed by atoms with van der Waals surface area (Å²) in [7, 11) is 1.68. The summed E-state index contributed by atoms with van der Waals surface area (Å²) in [6.07, 6.45) is 6.43. The highest BCUT2D eigenvalue weighted by Crippen LogP contribution is 2.24. The number of hydrogen-bond acceptors (Lipinski definition) is 2. The smallest absolute Gasteiger partial charge is 0.118 e. The predicted octanol–water partition coefficient (Wildman–Crippen LogP) is 4.24. The molecule has 102 valence electrons. The van der Waals surface area contributed by atoms with E-state index in [9.17, 15) is 0 Å². The Balaban J connectivity index is 2.17. The molecule has 0 heterocycles. The van der Waals surface area contributed by atoms with E-state index >= 15 is 0 Å². The second kappa shape index (κ2) is 6.68. The van der Waals surface area contributed by atoms with E-state index in [1.165, 1.54) is 5.56 Å². The van der Waals surface area contributed by atoms with Crippen molar-refractivity contribution >= 4 is 5.69 Å². The summed E-state index contributed by atoms with van der Waals surface area (Å²) in [5.74, 6) is 3.53. The zero-order valence-corrected chi connectivity index (χ0v) is 11.9. The zero-order valence-electron chi connectivity index (χ0n) is 11.9. The molecule has 0 saturated carbocycles. The molecule has 1 unspecified atom stereocenters. The molecule has 1 atom stereocenters. The number of methoxy groups -OCH3 is 1. The van der Waals surface area contributed by atoms with Crippen LogP contribution in [0.15, 0.2) is 48.5 Å². The maximum Gasteiger partial charge on any atom is 0.118 e. The number of rotatable bonds is 5. The van der Waals surface area contributed by atoms with Crippen LogP contribution in [0, 0.1) is 12.3 Å². The van der Waals surface area contributed by atoms with Crippen LogP contribution < -0.4 is 10.1 Å². The molecule has 0 amide bonds. The first-order valence-corrected chi connectivity index (χ1v) is 6.74. The molecule has 0 aliphatic rings. The lowest BCUT2D eigenvalue weighted by atomic mass is 10.0. The molecule has 0 aromatic heterocycles. The predicted molar refractivity (Wildman–Crippen MR) is 84.0 cm³/mol. The first kappa shape index (κ1) is 14.0. The average molecular weight is 265 g/mol. The van der Waals surface area contributed by atoms with Gasteiger partial charge in [0.25, 0.3) is 0 Å². The van der Waals surface area contributed by atoms with Crippen molar-refractivity contribution in [1.29, 1.82) is 0 Å². The Hall–Kier alpha value is -2.40. The van der Waals surface area contributed by atoms with Crippen LogP contribution in [-0.2, 0) is 0 Å². The molecule has 2 aromatic rings. The topological polar surface area (TPSA) is 21.3 Å². The van der Waals surface area contributed by atoms with Crippen LogP contribution in [0.2, 0.25) is 0 Å². The maximum atomic E-state index is 5.43. The van der Waals surface area contributed by atoms with Gasteiger partial charge in [0.2, 0.25) is 0 Å². The maximum absolute atomic E-state index is 5.43. The van der Waals surface area contributed by atoms with Crippen molar-refractivity contribution in [3.8, 4) is 18.1 Å². The van der Waals surface area contributed by atoms with E-state index in [0.717, 1.165) is 23.4 Å². The van der Waals surface area contributed by atoms with E-state index in [0.29, 0.717) is 0 Å². The van der Waals surface area contributed by atoms with E-state index in [1.54, 1.807) is 7.11 Å². The Bertz CT molecular complexity index is 596. The van der Waals surface area contributed by atoms with Crippen LogP contribution >= 0.6 is 0 Å². The van der Waals surface area contributed by atoms with Gasteiger partial charge in [-0.15, -0.1) is 6.42 Å². The van der Waals surface area contributed by atoms with Crippen LogP contribution in [0.4, 0.5) is 5.69 Å². The lowest BCUT2D eigenvalue weighted by molar-refractivity contribution is 0.414. The summed E-state index contributed by atoms with van der Waals surface area (Å²) in [5.41, 5.74) is 3.17. The molecule has 1 N–H and O–H groups in total. The number of ether oxygens (including phenoxy) is 1. The van der Waals surface area contributed by atoms with Gasteiger partial charge in [0.05, 0.1) is 13.2 Å². The minimum Gasteiger partial charge on any atom is -0.497 e. The van der Waals surface area contributed by atoms with Crippen LogP contribution in [-0.4, -0.2) is 7.11 Å². The molecule has 0 aliphatic heterocycles. The molecule has 0 radical (unpaired) electrons. The lowest BCUT2D eigenvalue weighted by Crippen LogP contribution is -2.09. The zero-order chi connectivity index (χ0) is 14.4. The summed E-state index contributed by atoms with van der Waals surface area (Å²) in [4.78, 5) is 0. The molecular weight excluding hydrogens is 246 g/mol. The Labute approximate surface area is 120 Å². The molecule has 2 aromatic carbocycles. The molecule has 0 spiro atoms. The molecular formula is C18H19NO. The van der Waals surface area contributed by atoms with Crippen molar-refractivity contribution in [2.45, 2.75) is 19.4 Å². The fourth-order valence-electron chi connectivity index (χ4n) is 2.16. The normalized spacial score (nSPS) is 11.4. The van der Waals surface area contributed by atoms with E-state index in [2.05, 4.69) is 30.3 Å². The number of nitrogens with one attached hydrogen (secondary N) is 1. The molecule has 20 heavy (non-hydrogen) atoms. The average Bonchev–Trinajstić information content (AvgIpc) is 2.53. The van der Waals surface area contributed by atoms with Crippen LogP contribution in [0.3, 0.4) is 0 Å². The molecule has 2 rings (SSSR count). The summed E-state index contributed by atoms with van der Waals surface area (Å²) in [6, 6.07) is 16.3. The first-order chi connectivity index (χ1) is 9.76. The molecule has 0 fully saturated rings. The largest absolute Gasteiger partial charge is 0.497 e. The monoisotopic (exact) mass is 265 g/mol. The third kappa shape index (κ3) is 3.33. The minimum absolute atomic E-state index is 0.258. The van der Waals surface area contributed by atoms with E-state index in [-0.39, 0.29) is 6.04 Å². The molecule has 0 bridgehead atoms. The van der Waals surface area contributed by atoms with Gasteiger partial charge in [-0.2, -0.15) is 0 Å². The third-order valence-electron chi connectivity index (χ3n) is 3.30. The first-order valence-electron chi connectivity index (χ1n) is 6.74. The summed E-state index contributed by atoms with van der Waals surface area (Å²) in [6.45, 7) is 2.16. The van der Waals surface area contributed by atoms with Crippen molar-refractivity contribution in [3.05, 3.63) is 59.7 Å². The molecule has 2 nitrogen and oxygen atoms in total. The van der Waals surface area contributed by atoms with Gasteiger partial charge in [0.15, 0.2) is 0 Å². The van der Waals surface area contributed by atoms with Gasteiger partial charge >= 0.3 is 0 Å². The minimum atomic E-state index is 0.258. The quantitative estimate of drug-likeness (QED) is 0.816. The molecule has 0 saturated heterocycles. The fraction of sp³-hybridized carbons (Fsp3) is 0.222. The highest BCUT2D eigenvalue weighted by atomic mass is 16.5. The van der Waals surface area contributed by atoms with Crippen molar-refractivity contribution in [2.75, 3.05) is 12.4 Å². The summed E-state index contributed by atoms with van der Waals surface area (Å²) in [5, 5.41) is 3.52. The summed E-state index contributed by atoms with van der Waals surface area (Å²) < 4.78 is 5.19. The second-order valence-electron chi connectivity index (χ2n) is 4.60. The van der Waals surface area contributed by atoms with Gasteiger partial charge in [-0.25, -0.2) is 0 Å². The summed E-state index contributed by atoms with van der Waals surface area (Å²) >= 11 is 0. The number of anilines is 1. The molecule has 2 heteroatoms. The van der Waals surface area contributed by atoms with Gasteiger partial charge in [0.1, 0.15) is 5.75 Å². The fourth-order valence-corrected chi connectivity index (χ4v) is 2.16. The van der Waals surface area contributed by atoms with Crippen molar-refractivity contribution in [1.82, 2.24) is 0 Å². The van der Waals surface area contributed by atoms with Gasteiger partial charge in [-0.3, -0.25) is 0 Å². The Morgan fingerprint density at radius 3 is 2.55 bits per heavy atom. The number of benzene rings is 2.